The van der Waals surface area contributed by atoms with Gasteiger partial charge in [-0.05, 0) is 18.2 Å². The first kappa shape index (κ1) is 9.64. The first-order valence-electron chi connectivity index (χ1n) is 4.35. The lowest BCUT2D eigenvalue weighted by Crippen LogP contribution is -2.15. The van der Waals surface area contributed by atoms with E-state index >= 15 is 0 Å². The number of hydrogen-bond donors (Lipinski definition) is 0. The molecule has 1 aromatic carbocycles. The summed E-state index contributed by atoms with van der Waals surface area (Å²) in [4.78, 5) is 25.3. The summed E-state index contributed by atoms with van der Waals surface area (Å²) in [5.41, 5.74) is 0.433. The van der Waals surface area contributed by atoms with E-state index in [9.17, 15) is 14.1 Å². The highest BCUT2D eigenvalue weighted by molar-refractivity contribution is 6.01. The molecule has 0 fully saturated rings. The van der Waals surface area contributed by atoms with E-state index < -0.39 is 5.97 Å². The number of carbonyl (C=O) groups is 2. The minimum atomic E-state index is -1.10. The van der Waals surface area contributed by atoms with Crippen molar-refractivity contribution in [3.8, 4) is 5.75 Å². The van der Waals surface area contributed by atoms with Crippen LogP contribution < -0.4 is 4.74 Å². The number of hydrogen-bond acceptors (Lipinski definition) is 4. The minimum Gasteiger partial charge on any atom is -0.492 e. The van der Waals surface area contributed by atoms with Gasteiger partial charge in [0.2, 0.25) is 0 Å². The highest BCUT2D eigenvalue weighted by Crippen LogP contribution is 2.26. The van der Waals surface area contributed by atoms with E-state index in [2.05, 4.69) is 4.94 Å². The second-order valence-electron chi connectivity index (χ2n) is 3.10. The van der Waals surface area contributed by atoms with Crippen molar-refractivity contribution in [1.82, 2.24) is 0 Å². The van der Waals surface area contributed by atoms with E-state index in [0.717, 1.165) is 0 Å². The normalized spacial score (nSPS) is 14.1. The van der Waals surface area contributed by atoms with Crippen LogP contribution in [0.15, 0.2) is 18.2 Å². The summed E-state index contributed by atoms with van der Waals surface area (Å²) in [6.45, 7) is 0.278. The molecule has 1 aliphatic heterocycles. The van der Waals surface area contributed by atoms with E-state index in [1.165, 1.54) is 18.2 Å². The van der Waals surface area contributed by atoms with Gasteiger partial charge in [-0.15, -0.1) is 0 Å². The minimum absolute atomic E-state index is 0.0194. The van der Waals surface area contributed by atoms with Crippen LogP contribution in [-0.4, -0.2) is 18.4 Å². The van der Waals surface area contributed by atoms with E-state index in [1.54, 1.807) is 0 Å². The average molecular weight is 210 g/mol. The van der Waals surface area contributed by atoms with Crippen LogP contribution in [0, 0.1) is 0 Å². The number of ether oxygens (including phenoxy) is 1. The molecule has 0 bridgehead atoms. The molecular formula is C10H7FO4. The molecule has 0 aromatic heterocycles. The van der Waals surface area contributed by atoms with E-state index in [4.69, 9.17) is 4.74 Å². The van der Waals surface area contributed by atoms with Crippen molar-refractivity contribution < 1.29 is 23.8 Å². The molecule has 78 valence electrons. The van der Waals surface area contributed by atoms with Crippen molar-refractivity contribution in [2.75, 3.05) is 6.61 Å². The van der Waals surface area contributed by atoms with Crippen LogP contribution in [0.5, 0.6) is 5.75 Å². The highest BCUT2D eigenvalue weighted by Gasteiger charge is 2.20. The third-order valence-electron chi connectivity index (χ3n) is 2.17. The molecule has 1 heterocycles. The molecule has 4 nitrogen and oxygen atoms in total. The Morgan fingerprint density at radius 3 is 3.00 bits per heavy atom. The maximum Gasteiger partial charge on any atom is 0.379 e. The van der Waals surface area contributed by atoms with Gasteiger partial charge in [0, 0.05) is 10.9 Å². The molecule has 0 aliphatic carbocycles. The molecular weight excluding hydrogens is 203 g/mol. The van der Waals surface area contributed by atoms with Gasteiger partial charge in [-0.1, -0.05) is 0 Å². The summed E-state index contributed by atoms with van der Waals surface area (Å²) in [7, 11) is 0. The Bertz CT molecular complexity index is 427. The Hall–Kier alpha value is -1.91. The van der Waals surface area contributed by atoms with Crippen molar-refractivity contribution in [1.29, 1.82) is 0 Å². The molecule has 0 spiro atoms. The zero-order valence-electron chi connectivity index (χ0n) is 7.66. The van der Waals surface area contributed by atoms with Crippen LogP contribution in [0.1, 0.15) is 27.1 Å². The highest BCUT2D eigenvalue weighted by atomic mass is 19.3. The Labute approximate surface area is 84.5 Å². The van der Waals surface area contributed by atoms with Crippen molar-refractivity contribution in [3.05, 3.63) is 29.3 Å². The fourth-order valence-corrected chi connectivity index (χ4v) is 1.43. The second-order valence-corrected chi connectivity index (χ2v) is 3.10. The van der Waals surface area contributed by atoms with Gasteiger partial charge >= 0.3 is 5.97 Å². The number of carbonyl (C=O) groups excluding carboxylic acids is 2. The molecule has 0 radical (unpaired) electrons. The van der Waals surface area contributed by atoms with Crippen molar-refractivity contribution in [2.24, 2.45) is 0 Å². The molecule has 0 unspecified atom stereocenters. The zero-order valence-corrected chi connectivity index (χ0v) is 7.66. The summed E-state index contributed by atoms with van der Waals surface area (Å²) < 4.78 is 16.8. The van der Waals surface area contributed by atoms with Crippen molar-refractivity contribution in [2.45, 2.75) is 6.42 Å². The Balaban J connectivity index is 2.41. The van der Waals surface area contributed by atoms with E-state index in [-0.39, 0.29) is 18.0 Å². The first-order valence-corrected chi connectivity index (χ1v) is 4.35. The first-order chi connectivity index (χ1) is 7.22. The molecule has 15 heavy (non-hydrogen) atoms. The fraction of sp³-hybridized carbons (Fsp3) is 0.200. The SMILES string of the molecule is O=C(OF)c1ccc2c(c1)OCCC2=O. The number of fused-ring (bicyclic) bond motifs is 1. The van der Waals surface area contributed by atoms with Gasteiger partial charge in [0.1, 0.15) is 5.75 Å². The Morgan fingerprint density at radius 1 is 1.47 bits per heavy atom. The summed E-state index contributed by atoms with van der Waals surface area (Å²) in [6.07, 6.45) is 0.319. The monoisotopic (exact) mass is 210 g/mol. The number of rotatable bonds is 1. The molecule has 1 aliphatic rings. The summed E-state index contributed by atoms with van der Waals surface area (Å²) in [6, 6.07) is 4.06. The van der Waals surface area contributed by atoms with Crippen LogP contribution in [-0.2, 0) is 4.94 Å². The fourth-order valence-electron chi connectivity index (χ4n) is 1.43. The summed E-state index contributed by atoms with van der Waals surface area (Å²) >= 11 is 0. The second kappa shape index (κ2) is 3.68. The Kier molecular flexibility index (Phi) is 2.37. The molecule has 0 saturated carbocycles. The van der Waals surface area contributed by atoms with Crippen molar-refractivity contribution >= 4 is 11.8 Å². The average Bonchev–Trinajstić information content (AvgIpc) is 2.28. The van der Waals surface area contributed by atoms with Gasteiger partial charge in [0.15, 0.2) is 5.78 Å². The third kappa shape index (κ3) is 1.68. The largest absolute Gasteiger partial charge is 0.492 e. The topological polar surface area (TPSA) is 52.6 Å². The van der Waals surface area contributed by atoms with Gasteiger partial charge < -0.3 is 4.74 Å². The lowest BCUT2D eigenvalue weighted by atomic mass is 10.0. The lowest BCUT2D eigenvalue weighted by molar-refractivity contribution is -0.0788. The smallest absolute Gasteiger partial charge is 0.379 e. The predicted octanol–water partition coefficient (Wildman–Crippen LogP) is 1.69. The van der Waals surface area contributed by atoms with Crippen LogP contribution in [0.3, 0.4) is 0 Å². The van der Waals surface area contributed by atoms with Crippen LogP contribution in [0.2, 0.25) is 0 Å². The third-order valence-corrected chi connectivity index (χ3v) is 2.17. The number of Topliss-reactive ketones (excluding diaryl/α,β-unsaturated/α-hetero) is 1. The van der Waals surface area contributed by atoms with Gasteiger partial charge in [0.25, 0.3) is 0 Å². The van der Waals surface area contributed by atoms with Gasteiger partial charge in [-0.2, -0.15) is 0 Å². The van der Waals surface area contributed by atoms with Crippen molar-refractivity contribution in [3.63, 3.8) is 0 Å². The number of ketones is 1. The van der Waals surface area contributed by atoms with Crippen LogP contribution >= 0.6 is 0 Å². The number of halogens is 1. The summed E-state index contributed by atoms with van der Waals surface area (Å²) in [5, 5.41) is 0. The maximum atomic E-state index is 11.6. The quantitative estimate of drug-likeness (QED) is 0.707. The van der Waals surface area contributed by atoms with Crippen LogP contribution in [0.4, 0.5) is 4.53 Å². The predicted molar refractivity (Wildman–Crippen MR) is 47.4 cm³/mol. The molecule has 1 aromatic rings. The molecule has 2 rings (SSSR count). The van der Waals surface area contributed by atoms with E-state index in [0.29, 0.717) is 17.7 Å². The lowest BCUT2D eigenvalue weighted by Gasteiger charge is -2.16. The van der Waals surface area contributed by atoms with Gasteiger partial charge in [-0.3, -0.25) is 4.79 Å². The summed E-state index contributed by atoms with van der Waals surface area (Å²) in [5.74, 6) is -0.843. The Morgan fingerprint density at radius 2 is 2.27 bits per heavy atom. The molecule has 0 atom stereocenters. The molecule has 5 heteroatoms. The number of benzene rings is 1. The van der Waals surface area contributed by atoms with Gasteiger partial charge in [-0.25, -0.2) is 9.74 Å². The molecule has 0 saturated heterocycles. The van der Waals surface area contributed by atoms with Crippen LogP contribution in [0.25, 0.3) is 0 Å². The molecule has 0 N–H and O–H groups in total. The molecule has 0 amide bonds. The maximum absolute atomic E-state index is 11.6. The standard InChI is InChI=1S/C10H7FO4/c11-15-10(13)6-1-2-7-8(12)3-4-14-9(7)5-6/h1-2,5H,3-4H2. The van der Waals surface area contributed by atoms with E-state index in [1.807, 2.05) is 0 Å². The van der Waals surface area contributed by atoms with Gasteiger partial charge in [0.05, 0.1) is 17.7 Å². The zero-order chi connectivity index (χ0) is 10.8.